The predicted molar refractivity (Wildman–Crippen MR) is 108 cm³/mol. The minimum absolute atomic E-state index is 0.101. The van der Waals surface area contributed by atoms with Crippen molar-refractivity contribution in [1.29, 1.82) is 0 Å². The Balaban J connectivity index is 1.59. The van der Waals surface area contributed by atoms with Crippen molar-refractivity contribution in [3.05, 3.63) is 78.4 Å². The number of anilines is 3. The number of amides is 1. The van der Waals surface area contributed by atoms with Crippen LogP contribution in [0.25, 0.3) is 0 Å². The lowest BCUT2D eigenvalue weighted by molar-refractivity contribution is -0.118. The van der Waals surface area contributed by atoms with E-state index in [4.69, 9.17) is 9.47 Å². The number of para-hydroxylation sites is 1. The zero-order valence-corrected chi connectivity index (χ0v) is 15.4. The van der Waals surface area contributed by atoms with Gasteiger partial charge in [-0.3, -0.25) is 4.79 Å². The molecule has 1 amide bonds. The highest BCUT2D eigenvalue weighted by Gasteiger charge is 2.08. The van der Waals surface area contributed by atoms with E-state index >= 15 is 0 Å². The van der Waals surface area contributed by atoms with Crippen LogP contribution in [0, 0.1) is 6.92 Å². The normalized spacial score (nSPS) is 10.1. The van der Waals surface area contributed by atoms with E-state index in [-0.39, 0.29) is 12.5 Å². The molecule has 0 heterocycles. The summed E-state index contributed by atoms with van der Waals surface area (Å²) >= 11 is 0. The molecule has 3 rings (SSSR count). The summed E-state index contributed by atoms with van der Waals surface area (Å²) in [6.45, 7) is 1.87. The highest BCUT2D eigenvalue weighted by atomic mass is 16.5. The average Bonchev–Trinajstić information content (AvgIpc) is 2.68. The Morgan fingerprint density at radius 3 is 2.37 bits per heavy atom. The summed E-state index contributed by atoms with van der Waals surface area (Å²) in [5.41, 5.74) is 3.63. The van der Waals surface area contributed by atoms with Gasteiger partial charge in [-0.25, -0.2) is 0 Å². The largest absolute Gasteiger partial charge is 0.493 e. The molecule has 138 valence electrons. The summed E-state index contributed by atoms with van der Waals surface area (Å²) in [6, 6.07) is 23.0. The van der Waals surface area contributed by atoms with Crippen molar-refractivity contribution in [3.8, 4) is 11.5 Å². The van der Waals surface area contributed by atoms with Crippen molar-refractivity contribution in [1.82, 2.24) is 0 Å². The van der Waals surface area contributed by atoms with Crippen LogP contribution in [0.1, 0.15) is 5.56 Å². The standard InChI is InChI=1S/C22H22N2O3/c1-16-11-12-20(21(13-16)26-2)27-15-22(25)24-19-10-6-9-18(14-19)23-17-7-4-3-5-8-17/h3-14,23H,15H2,1-2H3,(H,24,25). The van der Waals surface area contributed by atoms with Gasteiger partial charge < -0.3 is 20.1 Å². The van der Waals surface area contributed by atoms with Crippen molar-refractivity contribution < 1.29 is 14.3 Å². The molecule has 0 unspecified atom stereocenters. The van der Waals surface area contributed by atoms with Crippen LogP contribution in [-0.4, -0.2) is 19.6 Å². The Morgan fingerprint density at radius 1 is 0.852 bits per heavy atom. The van der Waals surface area contributed by atoms with E-state index in [0.717, 1.165) is 16.9 Å². The highest BCUT2D eigenvalue weighted by Crippen LogP contribution is 2.27. The van der Waals surface area contributed by atoms with Gasteiger partial charge in [-0.1, -0.05) is 30.3 Å². The quantitative estimate of drug-likeness (QED) is 0.636. The van der Waals surface area contributed by atoms with E-state index in [0.29, 0.717) is 17.2 Å². The van der Waals surface area contributed by atoms with E-state index in [1.54, 1.807) is 13.2 Å². The number of aryl methyl sites for hydroxylation is 1. The van der Waals surface area contributed by atoms with Crippen molar-refractivity contribution in [3.63, 3.8) is 0 Å². The topological polar surface area (TPSA) is 59.6 Å². The molecule has 5 nitrogen and oxygen atoms in total. The van der Waals surface area contributed by atoms with Crippen molar-refractivity contribution in [2.45, 2.75) is 6.92 Å². The number of nitrogens with one attached hydrogen (secondary N) is 2. The molecule has 3 aromatic carbocycles. The summed E-state index contributed by atoms with van der Waals surface area (Å²) in [6.07, 6.45) is 0. The number of carbonyl (C=O) groups is 1. The van der Waals surface area contributed by atoms with Crippen LogP contribution in [0.5, 0.6) is 11.5 Å². The summed E-state index contributed by atoms with van der Waals surface area (Å²) in [5.74, 6) is 0.907. The molecule has 0 radical (unpaired) electrons. The molecule has 5 heteroatoms. The molecule has 0 bridgehead atoms. The maximum Gasteiger partial charge on any atom is 0.262 e. The first kappa shape index (κ1) is 18.3. The van der Waals surface area contributed by atoms with E-state index in [9.17, 15) is 4.79 Å². The SMILES string of the molecule is COc1cc(C)ccc1OCC(=O)Nc1cccc(Nc2ccccc2)c1. The molecule has 0 aliphatic carbocycles. The Labute approximate surface area is 158 Å². The first-order valence-electron chi connectivity index (χ1n) is 8.63. The van der Waals surface area contributed by atoms with Gasteiger partial charge in [0, 0.05) is 17.1 Å². The number of methoxy groups -OCH3 is 1. The van der Waals surface area contributed by atoms with Crippen LogP contribution >= 0.6 is 0 Å². The third-order valence-corrected chi connectivity index (χ3v) is 3.89. The Kier molecular flexibility index (Phi) is 5.94. The Hall–Kier alpha value is -3.47. The fourth-order valence-electron chi connectivity index (χ4n) is 2.60. The molecule has 27 heavy (non-hydrogen) atoms. The van der Waals surface area contributed by atoms with Gasteiger partial charge in [0.1, 0.15) is 0 Å². The summed E-state index contributed by atoms with van der Waals surface area (Å²) in [5, 5.41) is 6.14. The number of hydrogen-bond donors (Lipinski definition) is 2. The lowest BCUT2D eigenvalue weighted by atomic mass is 10.2. The van der Waals surface area contributed by atoms with Gasteiger partial charge in [-0.15, -0.1) is 0 Å². The molecule has 0 aliphatic heterocycles. The lowest BCUT2D eigenvalue weighted by Crippen LogP contribution is -2.20. The third-order valence-electron chi connectivity index (χ3n) is 3.89. The molecule has 0 saturated heterocycles. The van der Waals surface area contributed by atoms with E-state index < -0.39 is 0 Å². The maximum absolute atomic E-state index is 12.2. The Morgan fingerprint density at radius 2 is 1.59 bits per heavy atom. The van der Waals surface area contributed by atoms with Crippen molar-refractivity contribution in [2.24, 2.45) is 0 Å². The van der Waals surface area contributed by atoms with E-state index in [1.807, 2.05) is 73.7 Å². The van der Waals surface area contributed by atoms with Gasteiger partial charge in [0.05, 0.1) is 7.11 Å². The number of benzene rings is 3. The summed E-state index contributed by atoms with van der Waals surface area (Å²) in [7, 11) is 1.58. The van der Waals surface area contributed by atoms with Gasteiger partial charge in [-0.2, -0.15) is 0 Å². The monoisotopic (exact) mass is 362 g/mol. The molecule has 3 aromatic rings. The van der Waals surface area contributed by atoms with E-state index in [2.05, 4.69) is 10.6 Å². The molecular formula is C22H22N2O3. The molecule has 0 aromatic heterocycles. The summed E-state index contributed by atoms with van der Waals surface area (Å²) in [4.78, 5) is 12.2. The number of carbonyl (C=O) groups excluding carboxylic acids is 1. The fourth-order valence-corrected chi connectivity index (χ4v) is 2.60. The molecular weight excluding hydrogens is 340 g/mol. The van der Waals surface area contributed by atoms with Gasteiger partial charge in [-0.05, 0) is 55.0 Å². The molecule has 0 atom stereocenters. The second-order valence-electron chi connectivity index (χ2n) is 6.06. The van der Waals surface area contributed by atoms with Crippen molar-refractivity contribution in [2.75, 3.05) is 24.4 Å². The van der Waals surface area contributed by atoms with Crippen LogP contribution in [0.4, 0.5) is 17.1 Å². The highest BCUT2D eigenvalue weighted by molar-refractivity contribution is 5.92. The fraction of sp³-hybridized carbons (Fsp3) is 0.136. The van der Waals surface area contributed by atoms with Crippen LogP contribution in [0.3, 0.4) is 0 Å². The zero-order valence-electron chi connectivity index (χ0n) is 15.4. The first-order valence-corrected chi connectivity index (χ1v) is 8.63. The van der Waals surface area contributed by atoms with Crippen LogP contribution in [0.2, 0.25) is 0 Å². The molecule has 0 saturated carbocycles. The minimum atomic E-state index is -0.241. The van der Waals surface area contributed by atoms with E-state index in [1.165, 1.54) is 0 Å². The lowest BCUT2D eigenvalue weighted by Gasteiger charge is -2.12. The second-order valence-corrected chi connectivity index (χ2v) is 6.06. The predicted octanol–water partition coefficient (Wildman–Crippen LogP) is 4.76. The van der Waals surface area contributed by atoms with Gasteiger partial charge in [0.25, 0.3) is 5.91 Å². The van der Waals surface area contributed by atoms with Gasteiger partial charge in [0.2, 0.25) is 0 Å². The molecule has 0 spiro atoms. The zero-order chi connectivity index (χ0) is 19.1. The second kappa shape index (κ2) is 8.76. The number of rotatable bonds is 7. The maximum atomic E-state index is 12.2. The van der Waals surface area contributed by atoms with Crippen LogP contribution in [-0.2, 0) is 4.79 Å². The van der Waals surface area contributed by atoms with Crippen molar-refractivity contribution >= 4 is 23.0 Å². The average molecular weight is 362 g/mol. The number of hydrogen-bond acceptors (Lipinski definition) is 4. The number of ether oxygens (including phenoxy) is 2. The van der Waals surface area contributed by atoms with Crippen LogP contribution in [0.15, 0.2) is 72.8 Å². The Bertz CT molecular complexity index is 910. The molecule has 0 fully saturated rings. The smallest absolute Gasteiger partial charge is 0.262 e. The first-order chi connectivity index (χ1) is 13.1. The van der Waals surface area contributed by atoms with Gasteiger partial charge >= 0.3 is 0 Å². The minimum Gasteiger partial charge on any atom is -0.493 e. The molecule has 0 aliphatic rings. The van der Waals surface area contributed by atoms with Crippen LogP contribution < -0.4 is 20.1 Å². The summed E-state index contributed by atoms with van der Waals surface area (Å²) < 4.78 is 10.9. The molecule has 2 N–H and O–H groups in total. The van der Waals surface area contributed by atoms with Gasteiger partial charge in [0.15, 0.2) is 18.1 Å². The third kappa shape index (κ3) is 5.25.